The number of benzene rings is 2. The van der Waals surface area contributed by atoms with Crippen molar-refractivity contribution in [2.75, 3.05) is 0 Å². The van der Waals surface area contributed by atoms with E-state index >= 15 is 0 Å². The molecule has 1 aromatic heterocycles. The number of hydrogen-bond acceptors (Lipinski definition) is 2. The summed E-state index contributed by atoms with van der Waals surface area (Å²) in [6.07, 6.45) is -1.64. The molecule has 0 N–H and O–H groups in total. The second-order valence-corrected chi connectivity index (χ2v) is 5.62. The van der Waals surface area contributed by atoms with Gasteiger partial charge in [0.2, 0.25) is 0 Å². The van der Waals surface area contributed by atoms with Crippen molar-refractivity contribution >= 4 is 6.08 Å². The van der Waals surface area contributed by atoms with Crippen molar-refractivity contribution in [2.24, 2.45) is 0 Å². The third-order valence-corrected chi connectivity index (χ3v) is 3.79. The van der Waals surface area contributed by atoms with Crippen molar-refractivity contribution in [3.63, 3.8) is 0 Å². The van der Waals surface area contributed by atoms with Gasteiger partial charge < -0.3 is 0 Å². The molecular formula is C19H16F3N3. The van der Waals surface area contributed by atoms with Crippen LogP contribution in [0.15, 0.2) is 61.4 Å². The third kappa shape index (κ3) is 4.35. The molecule has 6 heteroatoms. The highest BCUT2D eigenvalue weighted by Gasteiger charge is 2.26. The summed E-state index contributed by atoms with van der Waals surface area (Å²) in [5.41, 5.74) is 3.28. The van der Waals surface area contributed by atoms with Crippen molar-refractivity contribution in [2.45, 2.75) is 19.0 Å². The minimum atomic E-state index is -4.14. The molecule has 3 rings (SSSR count). The van der Waals surface area contributed by atoms with E-state index in [1.807, 2.05) is 24.3 Å². The molecule has 0 spiro atoms. The summed E-state index contributed by atoms with van der Waals surface area (Å²) < 4.78 is 38.4. The SMILES string of the molecule is C=Cc1ccc(-c2ncn(-c3ccc(CCC(F)(F)F)cc3)n2)cc1. The van der Waals surface area contributed by atoms with Gasteiger partial charge in [-0.2, -0.15) is 13.2 Å². The van der Waals surface area contributed by atoms with Gasteiger partial charge in [0.25, 0.3) is 0 Å². The lowest BCUT2D eigenvalue weighted by Crippen LogP contribution is -2.08. The molecule has 0 aliphatic rings. The van der Waals surface area contributed by atoms with E-state index in [9.17, 15) is 13.2 Å². The number of halogens is 3. The Morgan fingerprint density at radius 3 is 2.28 bits per heavy atom. The van der Waals surface area contributed by atoms with Crippen LogP contribution in [-0.2, 0) is 6.42 Å². The fourth-order valence-corrected chi connectivity index (χ4v) is 2.39. The molecule has 3 aromatic rings. The zero-order chi connectivity index (χ0) is 17.9. The Morgan fingerprint density at radius 1 is 1.00 bits per heavy atom. The highest BCUT2D eigenvalue weighted by atomic mass is 19.4. The fraction of sp³-hybridized carbons (Fsp3) is 0.158. The van der Waals surface area contributed by atoms with Gasteiger partial charge in [-0.1, -0.05) is 49.1 Å². The lowest BCUT2D eigenvalue weighted by atomic mass is 10.1. The summed E-state index contributed by atoms with van der Waals surface area (Å²) in [6, 6.07) is 14.5. The van der Waals surface area contributed by atoms with Gasteiger partial charge in [-0.15, -0.1) is 5.10 Å². The van der Waals surface area contributed by atoms with E-state index in [-0.39, 0.29) is 6.42 Å². The van der Waals surface area contributed by atoms with Gasteiger partial charge in [0.05, 0.1) is 5.69 Å². The molecule has 0 unspecified atom stereocenters. The van der Waals surface area contributed by atoms with E-state index in [1.165, 1.54) is 0 Å². The van der Waals surface area contributed by atoms with Crippen LogP contribution in [0.2, 0.25) is 0 Å². The summed E-state index contributed by atoms with van der Waals surface area (Å²) in [6.45, 7) is 3.71. The van der Waals surface area contributed by atoms with Crippen LogP contribution < -0.4 is 0 Å². The Bertz CT molecular complexity index is 847. The number of hydrogen-bond donors (Lipinski definition) is 0. The van der Waals surface area contributed by atoms with Gasteiger partial charge >= 0.3 is 6.18 Å². The molecule has 0 aliphatic heterocycles. The highest BCUT2D eigenvalue weighted by Crippen LogP contribution is 2.23. The number of nitrogens with zero attached hydrogens (tertiary/aromatic N) is 3. The lowest BCUT2D eigenvalue weighted by molar-refractivity contribution is -0.133. The monoisotopic (exact) mass is 343 g/mol. The van der Waals surface area contributed by atoms with Crippen LogP contribution >= 0.6 is 0 Å². The molecule has 128 valence electrons. The second kappa shape index (κ2) is 6.93. The normalized spacial score (nSPS) is 11.5. The summed E-state index contributed by atoms with van der Waals surface area (Å²) in [7, 11) is 0. The number of rotatable bonds is 5. The van der Waals surface area contributed by atoms with E-state index in [0.717, 1.165) is 16.8 Å². The average molecular weight is 343 g/mol. The second-order valence-electron chi connectivity index (χ2n) is 5.62. The Hall–Kier alpha value is -2.89. The van der Waals surface area contributed by atoms with E-state index in [4.69, 9.17) is 0 Å². The van der Waals surface area contributed by atoms with Crippen LogP contribution in [0.5, 0.6) is 0 Å². The quantitative estimate of drug-likeness (QED) is 0.647. The first kappa shape index (κ1) is 17.0. The number of aryl methyl sites for hydroxylation is 1. The van der Waals surface area contributed by atoms with Gasteiger partial charge in [0.1, 0.15) is 6.33 Å². The molecule has 0 saturated carbocycles. The maximum Gasteiger partial charge on any atom is 0.389 e. The summed E-state index contributed by atoms with van der Waals surface area (Å²) >= 11 is 0. The molecule has 0 fully saturated rings. The van der Waals surface area contributed by atoms with Crippen molar-refractivity contribution in [3.8, 4) is 17.1 Å². The highest BCUT2D eigenvalue weighted by molar-refractivity contribution is 5.59. The average Bonchev–Trinajstić information content (AvgIpc) is 3.10. The first-order valence-corrected chi connectivity index (χ1v) is 7.75. The molecule has 0 atom stereocenters. The Kier molecular flexibility index (Phi) is 4.70. The molecule has 1 heterocycles. The minimum absolute atomic E-state index is 0.0258. The lowest BCUT2D eigenvalue weighted by Gasteiger charge is -2.07. The molecule has 0 radical (unpaired) electrons. The van der Waals surface area contributed by atoms with E-state index in [1.54, 1.807) is 41.4 Å². The molecule has 0 bridgehead atoms. The largest absolute Gasteiger partial charge is 0.389 e. The van der Waals surface area contributed by atoms with Crippen molar-refractivity contribution < 1.29 is 13.2 Å². The number of alkyl halides is 3. The van der Waals surface area contributed by atoms with Gasteiger partial charge in [0, 0.05) is 12.0 Å². The predicted octanol–water partition coefficient (Wildman–Crippen LogP) is 5.07. The van der Waals surface area contributed by atoms with E-state index in [2.05, 4.69) is 16.7 Å². The van der Waals surface area contributed by atoms with Gasteiger partial charge in [-0.3, -0.25) is 0 Å². The zero-order valence-corrected chi connectivity index (χ0v) is 13.4. The first-order chi connectivity index (χ1) is 11.9. The van der Waals surface area contributed by atoms with Crippen LogP contribution in [0.25, 0.3) is 23.2 Å². The summed E-state index contributed by atoms with van der Waals surface area (Å²) in [4.78, 5) is 4.29. The number of aromatic nitrogens is 3. The van der Waals surface area contributed by atoms with Crippen molar-refractivity contribution in [1.82, 2.24) is 14.8 Å². The van der Waals surface area contributed by atoms with E-state index in [0.29, 0.717) is 11.4 Å². The Balaban J connectivity index is 1.74. The van der Waals surface area contributed by atoms with Crippen molar-refractivity contribution in [1.29, 1.82) is 0 Å². The predicted molar refractivity (Wildman–Crippen MR) is 91.3 cm³/mol. The van der Waals surface area contributed by atoms with Crippen LogP contribution in [0.1, 0.15) is 17.5 Å². The molecule has 3 nitrogen and oxygen atoms in total. The fourth-order valence-electron chi connectivity index (χ4n) is 2.39. The smallest absolute Gasteiger partial charge is 0.220 e. The maximum absolute atomic E-state index is 12.3. The molecule has 2 aromatic carbocycles. The zero-order valence-electron chi connectivity index (χ0n) is 13.4. The van der Waals surface area contributed by atoms with Gasteiger partial charge in [-0.25, -0.2) is 9.67 Å². The standard InChI is InChI=1S/C19H16F3N3/c1-2-14-3-7-16(8-4-14)18-23-13-25(24-18)17-9-5-15(6-10-17)11-12-19(20,21)22/h2-10,13H,1,11-12H2. The van der Waals surface area contributed by atoms with Crippen LogP contribution in [-0.4, -0.2) is 20.9 Å². The maximum atomic E-state index is 12.3. The molecular weight excluding hydrogens is 327 g/mol. The minimum Gasteiger partial charge on any atom is -0.220 e. The van der Waals surface area contributed by atoms with Crippen molar-refractivity contribution in [3.05, 3.63) is 72.6 Å². The first-order valence-electron chi connectivity index (χ1n) is 7.75. The van der Waals surface area contributed by atoms with Gasteiger partial charge in [0.15, 0.2) is 5.82 Å². The Labute approximate surface area is 143 Å². The summed E-state index contributed by atoms with van der Waals surface area (Å²) in [5.74, 6) is 0.580. The van der Waals surface area contributed by atoms with Crippen LogP contribution in [0.4, 0.5) is 13.2 Å². The van der Waals surface area contributed by atoms with E-state index < -0.39 is 12.6 Å². The van der Waals surface area contributed by atoms with Crippen LogP contribution in [0, 0.1) is 0 Å². The molecule has 0 aliphatic carbocycles. The van der Waals surface area contributed by atoms with Gasteiger partial charge in [-0.05, 0) is 29.7 Å². The molecule has 0 amide bonds. The third-order valence-electron chi connectivity index (χ3n) is 3.79. The molecule has 0 saturated heterocycles. The topological polar surface area (TPSA) is 30.7 Å². The molecule has 25 heavy (non-hydrogen) atoms. The Morgan fingerprint density at radius 2 is 1.68 bits per heavy atom. The van der Waals surface area contributed by atoms with Crippen LogP contribution in [0.3, 0.4) is 0 Å². The summed E-state index contributed by atoms with van der Waals surface area (Å²) in [5, 5.41) is 4.42.